The number of carbonyl (C=O) groups excluding carboxylic acids is 1. The topological polar surface area (TPSA) is 42.0 Å². The lowest BCUT2D eigenvalue weighted by Crippen LogP contribution is -2.27. The molecule has 124 valence electrons. The van der Waals surface area contributed by atoms with E-state index < -0.39 is 17.7 Å². The number of carbonyl (C=O) groups is 1. The van der Waals surface area contributed by atoms with Crippen LogP contribution in [-0.4, -0.2) is 10.9 Å². The Morgan fingerprint density at radius 1 is 1.29 bits per heavy atom. The van der Waals surface area contributed by atoms with Gasteiger partial charge in [0.1, 0.15) is 21.5 Å². The minimum atomic E-state index is -0.678. The molecule has 0 aliphatic carbocycles. The number of thiazole rings is 1. The van der Waals surface area contributed by atoms with Crippen molar-refractivity contribution < 1.29 is 13.6 Å². The second-order valence-corrected chi connectivity index (χ2v) is 7.09. The molecule has 1 N–H and O–H groups in total. The van der Waals surface area contributed by atoms with Crippen LogP contribution in [0.15, 0.2) is 35.0 Å². The van der Waals surface area contributed by atoms with E-state index in [0.717, 1.165) is 16.6 Å². The SMILES string of the molecule is Cc1nc(-c2ccsc2)sc1C(=O)N[C@@H](C)c1ccc(F)cc1F. The number of aryl methyl sites for hydroxylation is 1. The van der Waals surface area contributed by atoms with Crippen LogP contribution in [0.2, 0.25) is 0 Å². The molecule has 0 saturated carbocycles. The van der Waals surface area contributed by atoms with E-state index in [4.69, 9.17) is 0 Å². The molecule has 2 aromatic heterocycles. The van der Waals surface area contributed by atoms with Crippen molar-refractivity contribution in [2.24, 2.45) is 0 Å². The lowest BCUT2D eigenvalue weighted by molar-refractivity contribution is 0.0942. The van der Waals surface area contributed by atoms with Crippen LogP contribution in [0.3, 0.4) is 0 Å². The van der Waals surface area contributed by atoms with E-state index in [-0.39, 0.29) is 11.5 Å². The van der Waals surface area contributed by atoms with E-state index >= 15 is 0 Å². The molecule has 0 bridgehead atoms. The highest BCUT2D eigenvalue weighted by Crippen LogP contribution is 2.30. The van der Waals surface area contributed by atoms with Crippen molar-refractivity contribution in [1.82, 2.24) is 10.3 Å². The predicted octanol–water partition coefficient (Wildman–Crippen LogP) is 4.95. The number of hydrogen-bond donors (Lipinski definition) is 1. The summed E-state index contributed by atoms with van der Waals surface area (Å²) >= 11 is 2.86. The maximum Gasteiger partial charge on any atom is 0.263 e. The van der Waals surface area contributed by atoms with E-state index in [2.05, 4.69) is 10.3 Å². The van der Waals surface area contributed by atoms with Crippen LogP contribution < -0.4 is 5.32 Å². The van der Waals surface area contributed by atoms with Crippen molar-refractivity contribution in [2.45, 2.75) is 19.9 Å². The van der Waals surface area contributed by atoms with Gasteiger partial charge in [-0.3, -0.25) is 4.79 Å². The number of benzene rings is 1. The Labute approximate surface area is 146 Å². The molecule has 0 aliphatic rings. The van der Waals surface area contributed by atoms with Gasteiger partial charge in [0.2, 0.25) is 0 Å². The number of rotatable bonds is 4. The molecular weight excluding hydrogens is 350 g/mol. The average Bonchev–Trinajstić information content (AvgIpc) is 3.15. The van der Waals surface area contributed by atoms with E-state index in [0.29, 0.717) is 10.6 Å². The van der Waals surface area contributed by atoms with Gasteiger partial charge in [0.25, 0.3) is 5.91 Å². The summed E-state index contributed by atoms with van der Waals surface area (Å²) in [6.45, 7) is 3.43. The second-order valence-electron chi connectivity index (χ2n) is 5.31. The zero-order valence-corrected chi connectivity index (χ0v) is 14.6. The molecule has 1 aromatic carbocycles. The number of nitrogens with zero attached hydrogens (tertiary/aromatic N) is 1. The molecule has 2 heterocycles. The van der Waals surface area contributed by atoms with Crippen LogP contribution in [0, 0.1) is 18.6 Å². The maximum absolute atomic E-state index is 13.8. The summed E-state index contributed by atoms with van der Waals surface area (Å²) in [7, 11) is 0. The van der Waals surface area contributed by atoms with Crippen molar-refractivity contribution in [3.63, 3.8) is 0 Å². The van der Waals surface area contributed by atoms with Crippen molar-refractivity contribution in [2.75, 3.05) is 0 Å². The van der Waals surface area contributed by atoms with Gasteiger partial charge in [-0.2, -0.15) is 11.3 Å². The third kappa shape index (κ3) is 3.37. The van der Waals surface area contributed by atoms with Crippen molar-refractivity contribution in [3.05, 3.63) is 62.8 Å². The first-order valence-corrected chi connectivity index (χ1v) is 8.97. The standard InChI is InChI=1S/C17H14F2N2OS2/c1-9(13-4-3-12(18)7-14(13)19)20-16(22)15-10(2)21-17(24-15)11-5-6-23-8-11/h3-9H,1-2H3,(H,20,22)/t9-/m0/s1. The highest BCUT2D eigenvalue weighted by atomic mass is 32.1. The number of amides is 1. The largest absolute Gasteiger partial charge is 0.345 e. The van der Waals surface area contributed by atoms with E-state index in [9.17, 15) is 13.6 Å². The summed E-state index contributed by atoms with van der Waals surface area (Å²) in [6.07, 6.45) is 0. The Balaban J connectivity index is 1.80. The van der Waals surface area contributed by atoms with Crippen molar-refractivity contribution in [3.8, 4) is 10.6 Å². The first kappa shape index (κ1) is 16.7. The quantitative estimate of drug-likeness (QED) is 0.712. The smallest absolute Gasteiger partial charge is 0.263 e. The molecule has 3 nitrogen and oxygen atoms in total. The Bertz CT molecular complexity index is 875. The molecule has 0 fully saturated rings. The Morgan fingerprint density at radius 3 is 2.75 bits per heavy atom. The predicted molar refractivity (Wildman–Crippen MR) is 92.4 cm³/mol. The van der Waals surface area contributed by atoms with Crippen LogP contribution in [0.1, 0.15) is 33.9 Å². The second kappa shape index (κ2) is 6.78. The first-order valence-electron chi connectivity index (χ1n) is 7.21. The highest BCUT2D eigenvalue weighted by Gasteiger charge is 2.20. The minimum absolute atomic E-state index is 0.241. The summed E-state index contributed by atoms with van der Waals surface area (Å²) in [5.41, 5.74) is 1.85. The monoisotopic (exact) mass is 364 g/mol. The minimum Gasteiger partial charge on any atom is -0.345 e. The average molecular weight is 364 g/mol. The molecule has 3 rings (SSSR count). The molecular formula is C17H14F2N2OS2. The zero-order chi connectivity index (χ0) is 17.3. The first-order chi connectivity index (χ1) is 11.5. The third-order valence-corrected chi connectivity index (χ3v) is 5.44. The molecule has 3 aromatic rings. The summed E-state index contributed by atoms with van der Waals surface area (Å²) < 4.78 is 26.8. The van der Waals surface area contributed by atoms with Crippen LogP contribution in [0.4, 0.5) is 8.78 Å². The van der Waals surface area contributed by atoms with E-state index in [1.807, 2.05) is 16.8 Å². The van der Waals surface area contributed by atoms with Crippen LogP contribution in [-0.2, 0) is 0 Å². The molecule has 0 aliphatic heterocycles. The van der Waals surface area contributed by atoms with E-state index in [1.165, 1.54) is 23.5 Å². The zero-order valence-electron chi connectivity index (χ0n) is 13.0. The molecule has 24 heavy (non-hydrogen) atoms. The molecule has 0 unspecified atom stereocenters. The fourth-order valence-electron chi connectivity index (χ4n) is 2.31. The molecule has 0 spiro atoms. The van der Waals surface area contributed by atoms with Gasteiger partial charge in [0.05, 0.1) is 11.7 Å². The molecule has 1 atom stereocenters. The fraction of sp³-hybridized carbons (Fsp3) is 0.176. The molecule has 0 radical (unpaired) electrons. The van der Waals surface area contributed by atoms with Gasteiger partial charge in [0, 0.05) is 22.6 Å². The Hall–Kier alpha value is -2.12. The summed E-state index contributed by atoms with van der Waals surface area (Å²) in [4.78, 5) is 17.4. The van der Waals surface area contributed by atoms with Crippen LogP contribution in [0.25, 0.3) is 10.6 Å². The summed E-state index contributed by atoms with van der Waals surface area (Å²) in [5.74, 6) is -1.64. The number of aromatic nitrogens is 1. The van der Waals surface area contributed by atoms with Crippen molar-refractivity contribution in [1.29, 1.82) is 0 Å². The summed E-state index contributed by atoms with van der Waals surface area (Å²) in [5, 5.41) is 7.44. The van der Waals surface area contributed by atoms with Crippen molar-refractivity contribution >= 4 is 28.6 Å². The van der Waals surface area contributed by atoms with E-state index in [1.54, 1.807) is 25.2 Å². The van der Waals surface area contributed by atoms with Gasteiger partial charge in [-0.1, -0.05) is 6.07 Å². The van der Waals surface area contributed by atoms with Gasteiger partial charge in [-0.05, 0) is 31.4 Å². The number of nitrogens with one attached hydrogen (secondary N) is 1. The third-order valence-electron chi connectivity index (χ3n) is 3.55. The Kier molecular flexibility index (Phi) is 4.73. The Morgan fingerprint density at radius 2 is 2.08 bits per heavy atom. The lowest BCUT2D eigenvalue weighted by Gasteiger charge is -2.14. The highest BCUT2D eigenvalue weighted by molar-refractivity contribution is 7.17. The summed E-state index contributed by atoms with van der Waals surface area (Å²) in [6, 6.07) is 4.69. The van der Waals surface area contributed by atoms with Gasteiger partial charge in [-0.25, -0.2) is 13.8 Å². The molecule has 7 heteroatoms. The molecule has 1 amide bonds. The molecule has 0 saturated heterocycles. The normalized spacial score (nSPS) is 12.2. The van der Waals surface area contributed by atoms with Gasteiger partial charge in [0.15, 0.2) is 0 Å². The van der Waals surface area contributed by atoms with Gasteiger partial charge in [-0.15, -0.1) is 11.3 Å². The van der Waals surface area contributed by atoms with Crippen LogP contribution >= 0.6 is 22.7 Å². The number of thiophene rings is 1. The number of halogens is 2. The fourth-order valence-corrected chi connectivity index (χ4v) is 3.99. The maximum atomic E-state index is 13.8. The lowest BCUT2D eigenvalue weighted by atomic mass is 10.1. The van der Waals surface area contributed by atoms with Crippen LogP contribution in [0.5, 0.6) is 0 Å². The van der Waals surface area contributed by atoms with Gasteiger partial charge < -0.3 is 5.32 Å². The number of hydrogen-bond acceptors (Lipinski definition) is 4. The van der Waals surface area contributed by atoms with Gasteiger partial charge >= 0.3 is 0 Å².